The molecule has 1 N–H and O–H groups in total. The standard InChI is InChI=1S/C11H19N3O3/c1-7(2)9(15-3)10-13-11(17-14-10)8-6-16-5-4-12-8/h7-9,12H,4-6H2,1-3H3. The molecule has 1 aliphatic rings. The summed E-state index contributed by atoms with van der Waals surface area (Å²) in [5.74, 6) is 1.48. The molecule has 1 saturated heterocycles. The van der Waals surface area contributed by atoms with Crippen molar-refractivity contribution in [2.45, 2.75) is 26.0 Å². The molecule has 2 heterocycles. The van der Waals surface area contributed by atoms with Gasteiger partial charge in [-0.05, 0) is 5.92 Å². The first-order valence-electron chi connectivity index (χ1n) is 5.89. The Morgan fingerprint density at radius 2 is 2.29 bits per heavy atom. The second-order valence-electron chi connectivity index (χ2n) is 4.47. The Kier molecular flexibility index (Phi) is 4.09. The van der Waals surface area contributed by atoms with Crippen LogP contribution in [0, 0.1) is 5.92 Å². The average molecular weight is 241 g/mol. The van der Waals surface area contributed by atoms with Crippen LogP contribution >= 0.6 is 0 Å². The van der Waals surface area contributed by atoms with Gasteiger partial charge < -0.3 is 19.3 Å². The first-order valence-corrected chi connectivity index (χ1v) is 5.89. The van der Waals surface area contributed by atoms with Crippen LogP contribution in [0.15, 0.2) is 4.52 Å². The molecule has 6 nitrogen and oxygen atoms in total. The highest BCUT2D eigenvalue weighted by molar-refractivity contribution is 4.97. The van der Waals surface area contributed by atoms with E-state index in [-0.39, 0.29) is 12.1 Å². The fourth-order valence-corrected chi connectivity index (χ4v) is 1.90. The number of nitrogens with zero attached hydrogens (tertiary/aromatic N) is 2. The number of aromatic nitrogens is 2. The predicted octanol–water partition coefficient (Wildman–Crippen LogP) is 1.07. The van der Waals surface area contributed by atoms with Crippen molar-refractivity contribution >= 4 is 0 Å². The molecule has 0 saturated carbocycles. The molecule has 1 fully saturated rings. The molecule has 0 aromatic carbocycles. The Hall–Kier alpha value is -0.980. The van der Waals surface area contributed by atoms with Gasteiger partial charge in [-0.2, -0.15) is 4.98 Å². The summed E-state index contributed by atoms with van der Waals surface area (Å²) in [6.07, 6.45) is -0.128. The number of nitrogens with one attached hydrogen (secondary N) is 1. The third-order valence-electron chi connectivity index (χ3n) is 2.79. The summed E-state index contributed by atoms with van der Waals surface area (Å²) in [7, 11) is 1.66. The normalized spacial score (nSPS) is 22.9. The van der Waals surface area contributed by atoms with Crippen molar-refractivity contribution in [1.82, 2.24) is 15.5 Å². The van der Waals surface area contributed by atoms with Crippen molar-refractivity contribution in [2.75, 3.05) is 26.9 Å². The Bertz CT molecular complexity index is 347. The summed E-state index contributed by atoms with van der Waals surface area (Å²) in [6, 6.07) is -0.00494. The van der Waals surface area contributed by atoms with Crippen LogP contribution in [-0.4, -0.2) is 37.0 Å². The Morgan fingerprint density at radius 3 is 2.88 bits per heavy atom. The van der Waals surface area contributed by atoms with E-state index in [1.165, 1.54) is 0 Å². The van der Waals surface area contributed by atoms with Gasteiger partial charge in [0.25, 0.3) is 0 Å². The van der Waals surface area contributed by atoms with Gasteiger partial charge in [0, 0.05) is 13.7 Å². The van der Waals surface area contributed by atoms with Gasteiger partial charge in [0.05, 0.1) is 13.2 Å². The lowest BCUT2D eigenvalue weighted by Crippen LogP contribution is -2.34. The van der Waals surface area contributed by atoms with Gasteiger partial charge in [0.15, 0.2) is 0 Å². The SMILES string of the molecule is COC(c1noc(C2COCCN2)n1)C(C)C. The molecular weight excluding hydrogens is 222 g/mol. The molecule has 2 unspecified atom stereocenters. The molecule has 0 bridgehead atoms. The van der Waals surface area contributed by atoms with Gasteiger partial charge in [-0.25, -0.2) is 0 Å². The van der Waals surface area contributed by atoms with E-state index >= 15 is 0 Å². The predicted molar refractivity (Wildman–Crippen MR) is 60.4 cm³/mol. The maximum Gasteiger partial charge on any atom is 0.246 e. The minimum absolute atomic E-state index is 0.00494. The molecule has 2 atom stereocenters. The summed E-state index contributed by atoms with van der Waals surface area (Å²) < 4.78 is 16.0. The highest BCUT2D eigenvalue weighted by atomic mass is 16.5. The second-order valence-corrected chi connectivity index (χ2v) is 4.47. The molecule has 96 valence electrons. The minimum atomic E-state index is -0.128. The average Bonchev–Trinajstić information content (AvgIpc) is 2.80. The number of morpholine rings is 1. The van der Waals surface area contributed by atoms with Crippen molar-refractivity contribution < 1.29 is 14.0 Å². The quantitative estimate of drug-likeness (QED) is 0.850. The van der Waals surface area contributed by atoms with Gasteiger partial charge >= 0.3 is 0 Å². The second kappa shape index (κ2) is 5.57. The van der Waals surface area contributed by atoms with Crippen LogP contribution in [0.25, 0.3) is 0 Å². The zero-order chi connectivity index (χ0) is 12.3. The van der Waals surface area contributed by atoms with Gasteiger partial charge in [-0.3, -0.25) is 0 Å². The van der Waals surface area contributed by atoms with Crippen LogP contribution in [0.2, 0.25) is 0 Å². The lowest BCUT2D eigenvalue weighted by Gasteiger charge is -2.20. The monoisotopic (exact) mass is 241 g/mol. The van der Waals surface area contributed by atoms with Crippen LogP contribution < -0.4 is 5.32 Å². The molecule has 1 aromatic rings. The molecule has 0 spiro atoms. The number of methoxy groups -OCH3 is 1. The van der Waals surface area contributed by atoms with Crippen molar-refractivity contribution in [2.24, 2.45) is 5.92 Å². The van der Waals surface area contributed by atoms with E-state index in [0.29, 0.717) is 24.2 Å². The molecule has 0 amide bonds. The van der Waals surface area contributed by atoms with Crippen LogP contribution in [0.4, 0.5) is 0 Å². The van der Waals surface area contributed by atoms with Crippen LogP contribution in [0.5, 0.6) is 0 Å². The van der Waals surface area contributed by atoms with Crippen LogP contribution in [-0.2, 0) is 9.47 Å². The molecule has 17 heavy (non-hydrogen) atoms. The van der Waals surface area contributed by atoms with Crippen molar-refractivity contribution in [3.8, 4) is 0 Å². The lowest BCUT2D eigenvalue weighted by molar-refractivity contribution is 0.0554. The van der Waals surface area contributed by atoms with E-state index in [1.54, 1.807) is 7.11 Å². The van der Waals surface area contributed by atoms with Crippen LogP contribution in [0.1, 0.15) is 37.7 Å². The highest BCUT2D eigenvalue weighted by Crippen LogP contribution is 2.24. The maximum atomic E-state index is 5.36. The van der Waals surface area contributed by atoms with E-state index in [0.717, 1.165) is 13.2 Å². The van der Waals surface area contributed by atoms with E-state index in [1.807, 2.05) is 0 Å². The maximum absolute atomic E-state index is 5.36. The Balaban J connectivity index is 2.08. The van der Waals surface area contributed by atoms with E-state index in [4.69, 9.17) is 14.0 Å². The number of hydrogen-bond acceptors (Lipinski definition) is 6. The number of hydrogen-bond donors (Lipinski definition) is 1. The van der Waals surface area contributed by atoms with Crippen molar-refractivity contribution in [1.29, 1.82) is 0 Å². The van der Waals surface area contributed by atoms with Crippen molar-refractivity contribution in [3.05, 3.63) is 11.7 Å². The third-order valence-corrected chi connectivity index (χ3v) is 2.79. The number of rotatable bonds is 4. The molecule has 0 radical (unpaired) electrons. The molecule has 1 aromatic heterocycles. The summed E-state index contributed by atoms with van der Waals surface area (Å²) in [5.41, 5.74) is 0. The van der Waals surface area contributed by atoms with E-state index in [2.05, 4.69) is 29.3 Å². The highest BCUT2D eigenvalue weighted by Gasteiger charge is 2.26. The molecule has 0 aliphatic carbocycles. The van der Waals surface area contributed by atoms with E-state index in [9.17, 15) is 0 Å². The zero-order valence-electron chi connectivity index (χ0n) is 10.5. The first kappa shape index (κ1) is 12.5. The fraction of sp³-hybridized carbons (Fsp3) is 0.818. The zero-order valence-corrected chi connectivity index (χ0v) is 10.5. The summed E-state index contributed by atoms with van der Waals surface area (Å²) in [4.78, 5) is 4.38. The summed E-state index contributed by atoms with van der Waals surface area (Å²) in [5, 5.41) is 7.25. The van der Waals surface area contributed by atoms with Gasteiger partial charge in [0.1, 0.15) is 12.1 Å². The summed E-state index contributed by atoms with van der Waals surface area (Å²) in [6.45, 7) is 6.23. The number of ether oxygens (including phenoxy) is 2. The molecular formula is C11H19N3O3. The Labute approximate surface area is 101 Å². The van der Waals surface area contributed by atoms with Crippen molar-refractivity contribution in [3.63, 3.8) is 0 Å². The van der Waals surface area contributed by atoms with Gasteiger partial charge in [0.2, 0.25) is 11.7 Å². The molecule has 1 aliphatic heterocycles. The Morgan fingerprint density at radius 1 is 1.47 bits per heavy atom. The van der Waals surface area contributed by atoms with Gasteiger partial charge in [-0.15, -0.1) is 0 Å². The first-order chi connectivity index (χ1) is 8.22. The largest absolute Gasteiger partial charge is 0.378 e. The van der Waals surface area contributed by atoms with E-state index < -0.39 is 0 Å². The minimum Gasteiger partial charge on any atom is -0.378 e. The lowest BCUT2D eigenvalue weighted by atomic mass is 10.1. The smallest absolute Gasteiger partial charge is 0.246 e. The third kappa shape index (κ3) is 2.83. The fourth-order valence-electron chi connectivity index (χ4n) is 1.90. The van der Waals surface area contributed by atoms with Crippen LogP contribution in [0.3, 0.4) is 0 Å². The van der Waals surface area contributed by atoms with Gasteiger partial charge in [-0.1, -0.05) is 19.0 Å². The summed E-state index contributed by atoms with van der Waals surface area (Å²) >= 11 is 0. The molecule has 6 heteroatoms. The topological polar surface area (TPSA) is 69.4 Å². The molecule has 2 rings (SSSR count).